The molecule has 1 aromatic carbocycles. The van der Waals surface area contributed by atoms with Crippen molar-refractivity contribution in [2.24, 2.45) is 11.1 Å². The Hall–Kier alpha value is -1.26. The molecule has 0 fully saturated rings. The fourth-order valence-corrected chi connectivity index (χ4v) is 2.14. The van der Waals surface area contributed by atoms with Gasteiger partial charge in [-0.25, -0.2) is 0 Å². The van der Waals surface area contributed by atoms with Gasteiger partial charge in [-0.05, 0) is 30.5 Å². The van der Waals surface area contributed by atoms with Crippen LogP contribution in [0, 0.1) is 5.41 Å². The highest BCUT2D eigenvalue weighted by atomic mass is 35.5. The maximum atomic E-state index is 12.0. The zero-order chi connectivity index (χ0) is 15.9. The molecule has 0 saturated carbocycles. The van der Waals surface area contributed by atoms with Crippen LogP contribution in [0.15, 0.2) is 24.3 Å². The van der Waals surface area contributed by atoms with Gasteiger partial charge in [0.2, 0.25) is 5.91 Å². The Labute approximate surface area is 132 Å². The van der Waals surface area contributed by atoms with Gasteiger partial charge in [-0.3, -0.25) is 4.79 Å². The van der Waals surface area contributed by atoms with Crippen molar-refractivity contribution < 1.29 is 9.53 Å². The molecule has 0 bridgehead atoms. The number of amides is 1. The second-order valence-electron chi connectivity index (χ2n) is 6.00. The number of halogens is 1. The Kier molecular flexibility index (Phi) is 6.99. The average Bonchev–Trinajstić information content (AvgIpc) is 2.44. The maximum Gasteiger partial charge on any atom is 0.222 e. The number of nitrogens with two attached hydrogens (primary N) is 1. The maximum absolute atomic E-state index is 12.0. The van der Waals surface area contributed by atoms with Gasteiger partial charge in [0.25, 0.3) is 0 Å². The molecule has 0 aliphatic rings. The van der Waals surface area contributed by atoms with E-state index in [1.165, 1.54) is 0 Å². The van der Waals surface area contributed by atoms with Crippen LogP contribution in [-0.2, 0) is 4.79 Å². The summed E-state index contributed by atoms with van der Waals surface area (Å²) in [5.74, 6) is 0.767. The molecule has 0 spiro atoms. The summed E-state index contributed by atoms with van der Waals surface area (Å²) >= 11 is 5.99. The smallest absolute Gasteiger partial charge is 0.222 e. The minimum Gasteiger partial charge on any atom is -0.492 e. The molecule has 1 rings (SSSR count). The molecule has 1 aromatic rings. The van der Waals surface area contributed by atoms with Gasteiger partial charge in [-0.15, -0.1) is 0 Å². The van der Waals surface area contributed by atoms with Crippen molar-refractivity contribution >= 4 is 17.5 Å². The molecule has 0 radical (unpaired) electrons. The normalized spacial score (nSPS) is 11.3. The third-order valence-corrected chi connectivity index (χ3v) is 3.58. The first-order chi connectivity index (χ1) is 9.85. The van der Waals surface area contributed by atoms with Crippen LogP contribution in [0.25, 0.3) is 0 Å². The number of carbonyl (C=O) groups is 1. The van der Waals surface area contributed by atoms with E-state index in [1.54, 1.807) is 11.0 Å². The van der Waals surface area contributed by atoms with Crippen molar-refractivity contribution in [1.82, 2.24) is 4.90 Å². The van der Waals surface area contributed by atoms with E-state index < -0.39 is 0 Å². The Morgan fingerprint density at radius 3 is 2.67 bits per heavy atom. The average molecular weight is 313 g/mol. The van der Waals surface area contributed by atoms with Crippen LogP contribution in [-0.4, -0.2) is 37.6 Å². The standard InChI is InChI=1S/C16H25ClN2O2/c1-16(2,11-18)12-19(3)15(20)9-6-10-21-14-8-5-4-7-13(14)17/h4-5,7-8H,6,9-12,18H2,1-3H3. The molecule has 0 unspecified atom stereocenters. The Morgan fingerprint density at radius 2 is 2.05 bits per heavy atom. The van der Waals surface area contributed by atoms with Crippen LogP contribution in [0.2, 0.25) is 5.02 Å². The second kappa shape index (κ2) is 8.25. The fraction of sp³-hybridized carbons (Fsp3) is 0.562. The molecule has 118 valence electrons. The molecule has 21 heavy (non-hydrogen) atoms. The number of hydrogen-bond donors (Lipinski definition) is 1. The number of para-hydroxylation sites is 1. The van der Waals surface area contributed by atoms with Crippen LogP contribution in [0.5, 0.6) is 5.75 Å². The van der Waals surface area contributed by atoms with Gasteiger partial charge < -0.3 is 15.4 Å². The Morgan fingerprint density at radius 1 is 1.38 bits per heavy atom. The van der Waals surface area contributed by atoms with Crippen molar-refractivity contribution in [3.63, 3.8) is 0 Å². The first-order valence-corrected chi connectivity index (χ1v) is 7.55. The van der Waals surface area contributed by atoms with E-state index in [4.69, 9.17) is 22.1 Å². The third-order valence-electron chi connectivity index (χ3n) is 3.27. The minimum absolute atomic E-state index is 0.0571. The fourth-order valence-electron chi connectivity index (χ4n) is 1.95. The molecule has 5 heteroatoms. The van der Waals surface area contributed by atoms with E-state index in [2.05, 4.69) is 13.8 Å². The molecule has 0 aliphatic heterocycles. The van der Waals surface area contributed by atoms with Crippen molar-refractivity contribution in [2.75, 3.05) is 26.7 Å². The number of ether oxygens (including phenoxy) is 1. The lowest BCUT2D eigenvalue weighted by Gasteiger charge is -2.29. The third kappa shape index (κ3) is 6.36. The molecule has 0 saturated heterocycles. The lowest BCUT2D eigenvalue weighted by molar-refractivity contribution is -0.131. The van der Waals surface area contributed by atoms with Crippen molar-refractivity contribution in [3.8, 4) is 5.75 Å². The van der Waals surface area contributed by atoms with Gasteiger partial charge in [0.05, 0.1) is 11.6 Å². The molecule has 4 nitrogen and oxygen atoms in total. The van der Waals surface area contributed by atoms with Gasteiger partial charge in [0.15, 0.2) is 0 Å². The topological polar surface area (TPSA) is 55.6 Å². The predicted molar refractivity (Wildman–Crippen MR) is 86.7 cm³/mol. The highest BCUT2D eigenvalue weighted by Crippen LogP contribution is 2.23. The molecule has 0 aliphatic carbocycles. The first kappa shape index (κ1) is 17.8. The van der Waals surface area contributed by atoms with Gasteiger partial charge in [-0.1, -0.05) is 37.6 Å². The molecular formula is C16H25ClN2O2. The molecule has 0 aromatic heterocycles. The Balaban J connectivity index is 2.29. The summed E-state index contributed by atoms with van der Waals surface area (Å²) in [5, 5.41) is 0.589. The van der Waals surface area contributed by atoms with E-state index in [-0.39, 0.29) is 11.3 Å². The summed E-state index contributed by atoms with van der Waals surface area (Å²) in [6.07, 6.45) is 1.12. The Bertz CT molecular complexity index is 463. The largest absolute Gasteiger partial charge is 0.492 e. The van der Waals surface area contributed by atoms with E-state index in [0.717, 1.165) is 0 Å². The monoisotopic (exact) mass is 312 g/mol. The molecule has 0 heterocycles. The number of hydrogen-bond acceptors (Lipinski definition) is 3. The van der Waals surface area contributed by atoms with Gasteiger partial charge in [-0.2, -0.15) is 0 Å². The summed E-state index contributed by atoms with van der Waals surface area (Å²) in [5.41, 5.74) is 5.63. The SMILES string of the molecule is CN(CC(C)(C)CN)C(=O)CCCOc1ccccc1Cl. The van der Waals surface area contributed by atoms with Crippen molar-refractivity contribution in [2.45, 2.75) is 26.7 Å². The quantitative estimate of drug-likeness (QED) is 0.751. The molecule has 2 N–H and O–H groups in total. The van der Waals surface area contributed by atoms with Crippen LogP contribution in [0.1, 0.15) is 26.7 Å². The van der Waals surface area contributed by atoms with Gasteiger partial charge >= 0.3 is 0 Å². The summed E-state index contributed by atoms with van der Waals surface area (Å²) in [4.78, 5) is 13.8. The first-order valence-electron chi connectivity index (χ1n) is 7.17. The number of carbonyl (C=O) groups excluding carboxylic acids is 1. The van der Waals surface area contributed by atoms with Crippen LogP contribution in [0.4, 0.5) is 0 Å². The lowest BCUT2D eigenvalue weighted by Crippen LogP contribution is -2.39. The van der Waals surface area contributed by atoms with Crippen molar-refractivity contribution in [1.29, 1.82) is 0 Å². The second-order valence-corrected chi connectivity index (χ2v) is 6.41. The zero-order valence-electron chi connectivity index (χ0n) is 13.1. The van der Waals surface area contributed by atoms with E-state index in [9.17, 15) is 4.79 Å². The zero-order valence-corrected chi connectivity index (χ0v) is 13.8. The number of benzene rings is 1. The summed E-state index contributed by atoms with van der Waals surface area (Å²) < 4.78 is 5.57. The lowest BCUT2D eigenvalue weighted by atomic mass is 9.93. The number of rotatable bonds is 8. The van der Waals surface area contributed by atoms with Crippen molar-refractivity contribution in [3.05, 3.63) is 29.3 Å². The van der Waals surface area contributed by atoms with Gasteiger partial charge in [0, 0.05) is 20.0 Å². The van der Waals surface area contributed by atoms with E-state index in [1.807, 2.05) is 25.2 Å². The highest BCUT2D eigenvalue weighted by Gasteiger charge is 2.20. The van der Waals surface area contributed by atoms with Crippen LogP contribution >= 0.6 is 11.6 Å². The van der Waals surface area contributed by atoms with E-state index >= 15 is 0 Å². The number of nitrogens with zero attached hydrogens (tertiary/aromatic N) is 1. The molecular weight excluding hydrogens is 288 g/mol. The van der Waals surface area contributed by atoms with E-state index in [0.29, 0.717) is 43.3 Å². The van der Waals surface area contributed by atoms with Crippen LogP contribution < -0.4 is 10.5 Å². The van der Waals surface area contributed by atoms with Gasteiger partial charge in [0.1, 0.15) is 5.75 Å². The highest BCUT2D eigenvalue weighted by molar-refractivity contribution is 6.32. The summed E-state index contributed by atoms with van der Waals surface area (Å²) in [6, 6.07) is 7.33. The summed E-state index contributed by atoms with van der Waals surface area (Å²) in [7, 11) is 1.81. The van der Waals surface area contributed by atoms with Crippen LogP contribution in [0.3, 0.4) is 0 Å². The minimum atomic E-state index is -0.0571. The predicted octanol–water partition coefficient (Wildman–Crippen LogP) is 2.94. The summed E-state index contributed by atoms with van der Waals surface area (Å²) in [6.45, 7) is 5.80. The molecule has 1 amide bonds. The molecule has 0 atom stereocenters.